The van der Waals surface area contributed by atoms with Crippen molar-refractivity contribution in [2.45, 2.75) is 50.4 Å². The lowest BCUT2D eigenvalue weighted by Crippen LogP contribution is -2.42. The first-order valence-corrected chi connectivity index (χ1v) is 9.96. The molecule has 2 heterocycles. The summed E-state index contributed by atoms with van der Waals surface area (Å²) in [7, 11) is 0. The topological polar surface area (TPSA) is 74.2 Å². The molecule has 0 radical (unpaired) electrons. The van der Waals surface area contributed by atoms with E-state index in [0.717, 1.165) is 5.56 Å². The normalized spacial score (nSPS) is 24.5. The molecule has 0 saturated carbocycles. The van der Waals surface area contributed by atoms with Gasteiger partial charge in [0.1, 0.15) is 28.8 Å². The standard InChI is InChI=1S/C24H26O6/c1-5-7-15-9-19-20(28-14-27-19)11-18(15)30-23(3,4)22-13-24(26)12-16(8-6-2)17(25)10-21(24)29-22/h5-6,9-12,22,26H,1-2,7-8,13-14H2,3-4H3/t22-,24+/m1/s1. The second-order valence-corrected chi connectivity index (χ2v) is 8.28. The molecule has 0 bridgehead atoms. The van der Waals surface area contributed by atoms with Crippen molar-refractivity contribution in [1.29, 1.82) is 0 Å². The molecule has 2 aliphatic heterocycles. The molecular formula is C24H26O6. The number of rotatable bonds is 7. The molecule has 6 heteroatoms. The molecular weight excluding hydrogens is 384 g/mol. The van der Waals surface area contributed by atoms with E-state index in [-0.39, 0.29) is 24.8 Å². The Morgan fingerprint density at radius 3 is 2.63 bits per heavy atom. The Kier molecular flexibility index (Phi) is 4.98. The Morgan fingerprint density at radius 2 is 1.93 bits per heavy atom. The molecule has 3 aliphatic rings. The number of aliphatic hydroxyl groups is 1. The molecule has 0 unspecified atom stereocenters. The molecule has 0 spiro atoms. The number of benzene rings is 1. The van der Waals surface area contributed by atoms with Crippen LogP contribution in [0.15, 0.2) is 60.9 Å². The number of ketones is 1. The van der Waals surface area contributed by atoms with E-state index in [1.54, 1.807) is 18.2 Å². The minimum absolute atomic E-state index is 0.169. The van der Waals surface area contributed by atoms with E-state index in [1.807, 2.05) is 26.0 Å². The lowest BCUT2D eigenvalue weighted by molar-refractivity contribution is -0.112. The van der Waals surface area contributed by atoms with Crippen molar-refractivity contribution in [1.82, 2.24) is 0 Å². The average molecular weight is 410 g/mol. The van der Waals surface area contributed by atoms with Gasteiger partial charge in [-0.25, -0.2) is 0 Å². The number of hydrogen-bond donors (Lipinski definition) is 1. The van der Waals surface area contributed by atoms with Crippen LogP contribution in [0.25, 0.3) is 0 Å². The molecule has 0 amide bonds. The second kappa shape index (κ2) is 7.36. The Hall–Kier alpha value is -2.99. The fourth-order valence-electron chi connectivity index (χ4n) is 3.97. The van der Waals surface area contributed by atoms with Crippen LogP contribution in [0.3, 0.4) is 0 Å². The van der Waals surface area contributed by atoms with Crippen LogP contribution in [0, 0.1) is 0 Å². The van der Waals surface area contributed by atoms with E-state index in [0.29, 0.717) is 35.7 Å². The third-order valence-electron chi connectivity index (χ3n) is 5.62. The van der Waals surface area contributed by atoms with E-state index in [1.165, 1.54) is 6.08 Å². The smallest absolute Gasteiger partial charge is 0.231 e. The van der Waals surface area contributed by atoms with E-state index in [4.69, 9.17) is 18.9 Å². The molecule has 1 aliphatic carbocycles. The highest BCUT2D eigenvalue weighted by Crippen LogP contribution is 2.45. The SMILES string of the molecule is C=CCC1=C[C@]2(O)C[C@H](C(C)(C)Oc3cc4c(cc3CC=C)OCO4)OC2=CC1=O. The molecule has 1 saturated heterocycles. The lowest BCUT2D eigenvalue weighted by Gasteiger charge is -2.32. The molecule has 1 fully saturated rings. The van der Waals surface area contributed by atoms with Crippen LogP contribution in [-0.4, -0.2) is 35.0 Å². The first-order valence-electron chi connectivity index (χ1n) is 9.96. The summed E-state index contributed by atoms with van der Waals surface area (Å²) >= 11 is 0. The van der Waals surface area contributed by atoms with E-state index < -0.39 is 17.3 Å². The molecule has 0 aromatic heterocycles. The van der Waals surface area contributed by atoms with Gasteiger partial charge in [0.2, 0.25) is 6.79 Å². The molecule has 1 aromatic carbocycles. The number of fused-ring (bicyclic) bond motifs is 2. The number of carbonyl (C=O) groups excluding carboxylic acids is 1. The van der Waals surface area contributed by atoms with Gasteiger partial charge in [0.05, 0.1) is 0 Å². The summed E-state index contributed by atoms with van der Waals surface area (Å²) in [5, 5.41) is 11.1. The molecule has 1 N–H and O–H groups in total. The van der Waals surface area contributed by atoms with Gasteiger partial charge in [-0.05, 0) is 38.8 Å². The third-order valence-corrected chi connectivity index (χ3v) is 5.62. The van der Waals surface area contributed by atoms with Gasteiger partial charge in [0, 0.05) is 29.7 Å². The van der Waals surface area contributed by atoms with Crippen LogP contribution >= 0.6 is 0 Å². The predicted octanol–water partition coefficient (Wildman–Crippen LogP) is 3.79. The number of carbonyl (C=O) groups is 1. The van der Waals surface area contributed by atoms with Crippen molar-refractivity contribution < 1.29 is 28.8 Å². The van der Waals surface area contributed by atoms with Gasteiger partial charge in [-0.1, -0.05) is 12.2 Å². The summed E-state index contributed by atoms with van der Waals surface area (Å²) in [5.74, 6) is 2.04. The van der Waals surface area contributed by atoms with Crippen LogP contribution in [0.1, 0.15) is 32.3 Å². The highest BCUT2D eigenvalue weighted by molar-refractivity contribution is 6.06. The first-order chi connectivity index (χ1) is 14.3. The Morgan fingerprint density at radius 1 is 1.23 bits per heavy atom. The van der Waals surface area contributed by atoms with E-state index in [2.05, 4.69) is 13.2 Å². The van der Waals surface area contributed by atoms with Crippen molar-refractivity contribution in [3.05, 3.63) is 66.5 Å². The van der Waals surface area contributed by atoms with Crippen molar-refractivity contribution in [2.75, 3.05) is 6.79 Å². The van der Waals surface area contributed by atoms with Crippen LogP contribution in [0.2, 0.25) is 0 Å². The molecule has 30 heavy (non-hydrogen) atoms. The van der Waals surface area contributed by atoms with Crippen LogP contribution in [-0.2, 0) is 16.0 Å². The third kappa shape index (κ3) is 3.52. The van der Waals surface area contributed by atoms with Crippen molar-refractivity contribution in [2.24, 2.45) is 0 Å². The summed E-state index contributed by atoms with van der Waals surface area (Å²) in [6.45, 7) is 11.5. The van der Waals surface area contributed by atoms with Crippen molar-refractivity contribution in [3.8, 4) is 17.2 Å². The highest BCUT2D eigenvalue weighted by Gasteiger charge is 2.51. The van der Waals surface area contributed by atoms with Crippen LogP contribution in [0.4, 0.5) is 0 Å². The summed E-state index contributed by atoms with van der Waals surface area (Å²) in [4.78, 5) is 12.3. The van der Waals surface area contributed by atoms with Crippen molar-refractivity contribution >= 4 is 5.78 Å². The Balaban J connectivity index is 1.60. The number of hydrogen-bond acceptors (Lipinski definition) is 6. The largest absolute Gasteiger partial charge is 0.487 e. The van der Waals surface area contributed by atoms with Gasteiger partial charge >= 0.3 is 0 Å². The Labute approximate surface area is 176 Å². The second-order valence-electron chi connectivity index (χ2n) is 8.28. The highest BCUT2D eigenvalue weighted by atomic mass is 16.7. The lowest BCUT2D eigenvalue weighted by atomic mass is 9.84. The van der Waals surface area contributed by atoms with Gasteiger partial charge in [-0.3, -0.25) is 4.79 Å². The summed E-state index contributed by atoms with van der Waals surface area (Å²) in [6.07, 6.45) is 7.22. The molecule has 2 atom stereocenters. The molecule has 4 rings (SSSR count). The summed E-state index contributed by atoms with van der Waals surface area (Å²) in [5.41, 5.74) is -0.689. The minimum Gasteiger partial charge on any atom is -0.487 e. The quantitative estimate of drug-likeness (QED) is 0.690. The maximum Gasteiger partial charge on any atom is 0.231 e. The average Bonchev–Trinajstić information content (AvgIpc) is 3.26. The minimum atomic E-state index is -1.32. The fraction of sp³-hybridized carbons (Fsp3) is 0.375. The Bertz CT molecular complexity index is 970. The zero-order valence-electron chi connectivity index (χ0n) is 17.3. The number of allylic oxidation sites excluding steroid dienone is 4. The fourth-order valence-corrected chi connectivity index (χ4v) is 3.97. The molecule has 1 aromatic rings. The maximum absolute atomic E-state index is 12.3. The van der Waals surface area contributed by atoms with Crippen LogP contribution < -0.4 is 14.2 Å². The van der Waals surface area contributed by atoms with E-state index >= 15 is 0 Å². The molecule has 158 valence electrons. The van der Waals surface area contributed by atoms with E-state index in [9.17, 15) is 9.90 Å². The first kappa shape index (κ1) is 20.3. The number of ether oxygens (including phenoxy) is 4. The maximum atomic E-state index is 12.3. The van der Waals surface area contributed by atoms with Gasteiger partial charge < -0.3 is 24.1 Å². The zero-order valence-corrected chi connectivity index (χ0v) is 17.3. The summed E-state index contributed by atoms with van der Waals surface area (Å²) in [6, 6.07) is 3.70. The van der Waals surface area contributed by atoms with Gasteiger partial charge in [-0.15, -0.1) is 13.2 Å². The predicted molar refractivity (Wildman–Crippen MR) is 112 cm³/mol. The van der Waals surface area contributed by atoms with Gasteiger partial charge in [0.25, 0.3) is 0 Å². The van der Waals surface area contributed by atoms with Gasteiger partial charge in [-0.2, -0.15) is 0 Å². The molecule has 6 nitrogen and oxygen atoms in total. The zero-order chi connectivity index (χ0) is 21.5. The van der Waals surface area contributed by atoms with Crippen molar-refractivity contribution in [3.63, 3.8) is 0 Å². The van der Waals surface area contributed by atoms with Gasteiger partial charge in [0.15, 0.2) is 17.3 Å². The monoisotopic (exact) mass is 410 g/mol. The van der Waals surface area contributed by atoms with Crippen LogP contribution in [0.5, 0.6) is 17.2 Å². The summed E-state index contributed by atoms with van der Waals surface area (Å²) < 4.78 is 23.3.